The molecule has 0 fully saturated rings. The van der Waals surface area contributed by atoms with Gasteiger partial charge in [0, 0.05) is 0 Å². The molecule has 0 saturated heterocycles. The van der Waals surface area contributed by atoms with E-state index in [1.54, 1.807) is 7.11 Å². The Hall–Kier alpha value is -1.40. The van der Waals surface area contributed by atoms with Gasteiger partial charge in [-0.2, -0.15) is 12.6 Å². The van der Waals surface area contributed by atoms with Gasteiger partial charge in [-0.1, -0.05) is 12.1 Å². The number of methoxy groups -OCH3 is 1. The number of hydrogen-bond donors (Lipinski definition) is 3. The van der Waals surface area contributed by atoms with Crippen LogP contribution in [0, 0.1) is 0 Å². The van der Waals surface area contributed by atoms with Crippen LogP contribution < -0.4 is 15.8 Å². The number of benzene rings is 1. The van der Waals surface area contributed by atoms with Gasteiger partial charge in [-0.15, -0.1) is 0 Å². The van der Waals surface area contributed by atoms with Crippen molar-refractivity contribution >= 4 is 18.7 Å². The quantitative estimate of drug-likeness (QED) is 0.576. The number of amides is 1. The lowest BCUT2D eigenvalue weighted by molar-refractivity contribution is 0.0503. The van der Waals surface area contributed by atoms with Crippen molar-refractivity contribution in [2.24, 2.45) is 5.73 Å². The van der Waals surface area contributed by atoms with E-state index in [2.05, 4.69) is 17.9 Å². The summed E-state index contributed by atoms with van der Waals surface area (Å²) in [6.07, 6.45) is 0.0685. The first-order chi connectivity index (χ1) is 9.71. The second kappa shape index (κ2) is 7.56. The topological polar surface area (TPSA) is 73.6 Å². The van der Waals surface area contributed by atoms with Crippen LogP contribution in [-0.4, -0.2) is 30.2 Å². The van der Waals surface area contributed by atoms with E-state index in [9.17, 15) is 4.79 Å². The van der Waals surface area contributed by atoms with Crippen LogP contribution in [-0.2, 0) is 11.2 Å². The molecule has 0 aromatic heterocycles. The van der Waals surface area contributed by atoms with Crippen LogP contribution in [0.4, 0.5) is 4.79 Å². The second-order valence-electron chi connectivity index (χ2n) is 5.80. The van der Waals surface area contributed by atoms with Crippen LogP contribution in [0.25, 0.3) is 0 Å². The largest absolute Gasteiger partial charge is 0.497 e. The van der Waals surface area contributed by atoms with Gasteiger partial charge in [-0.3, -0.25) is 0 Å². The van der Waals surface area contributed by atoms with Gasteiger partial charge in [0.1, 0.15) is 11.4 Å². The van der Waals surface area contributed by atoms with Gasteiger partial charge in [0.05, 0.1) is 18.5 Å². The molecule has 118 valence electrons. The number of hydrogen-bond acceptors (Lipinski definition) is 5. The predicted octanol–water partition coefficient (Wildman–Crippen LogP) is 2.35. The van der Waals surface area contributed by atoms with E-state index in [0.717, 1.165) is 11.3 Å². The molecule has 0 heterocycles. The van der Waals surface area contributed by atoms with Crippen LogP contribution in [0.5, 0.6) is 5.75 Å². The van der Waals surface area contributed by atoms with Gasteiger partial charge >= 0.3 is 6.09 Å². The molecular weight excluding hydrogens is 288 g/mol. The minimum atomic E-state index is -0.546. The average molecular weight is 312 g/mol. The van der Waals surface area contributed by atoms with Crippen molar-refractivity contribution in [3.05, 3.63) is 29.8 Å². The molecule has 0 saturated carbocycles. The lowest BCUT2D eigenvalue weighted by Gasteiger charge is -2.25. The normalized spacial score (nSPS) is 14.2. The zero-order valence-corrected chi connectivity index (χ0v) is 13.8. The Morgan fingerprint density at radius 1 is 1.33 bits per heavy atom. The third-order valence-corrected chi connectivity index (χ3v) is 3.09. The van der Waals surface area contributed by atoms with E-state index in [1.165, 1.54) is 0 Å². The summed E-state index contributed by atoms with van der Waals surface area (Å²) in [5.41, 5.74) is 6.30. The number of thiol groups is 1. The van der Waals surface area contributed by atoms with E-state index in [-0.39, 0.29) is 6.04 Å². The maximum atomic E-state index is 11.8. The molecule has 0 aliphatic carbocycles. The van der Waals surface area contributed by atoms with Gasteiger partial charge in [-0.05, 0) is 44.9 Å². The summed E-state index contributed by atoms with van der Waals surface area (Å²) in [7, 11) is 1.62. The molecule has 2 atom stereocenters. The highest BCUT2D eigenvalue weighted by atomic mass is 32.1. The monoisotopic (exact) mass is 312 g/mol. The molecule has 2 unspecified atom stereocenters. The van der Waals surface area contributed by atoms with Crippen molar-refractivity contribution in [2.75, 3.05) is 7.11 Å². The van der Waals surface area contributed by atoms with Crippen molar-refractivity contribution < 1.29 is 14.3 Å². The SMILES string of the molecule is COc1ccc(CC(NC(=O)OC(C)(C)C)C(N)S)cc1. The van der Waals surface area contributed by atoms with Crippen LogP contribution in [0.1, 0.15) is 26.3 Å². The molecule has 6 heteroatoms. The van der Waals surface area contributed by atoms with Gasteiger partial charge in [0.25, 0.3) is 0 Å². The van der Waals surface area contributed by atoms with E-state index in [0.29, 0.717) is 6.42 Å². The predicted molar refractivity (Wildman–Crippen MR) is 86.8 cm³/mol. The fourth-order valence-electron chi connectivity index (χ4n) is 1.73. The van der Waals surface area contributed by atoms with Crippen LogP contribution in [0.3, 0.4) is 0 Å². The summed E-state index contributed by atoms with van der Waals surface area (Å²) in [5.74, 6) is 0.783. The minimum absolute atomic E-state index is 0.323. The maximum Gasteiger partial charge on any atom is 0.407 e. The fraction of sp³-hybridized carbons (Fsp3) is 0.533. The van der Waals surface area contributed by atoms with Crippen molar-refractivity contribution in [3.63, 3.8) is 0 Å². The zero-order valence-electron chi connectivity index (χ0n) is 12.9. The fourth-order valence-corrected chi connectivity index (χ4v) is 1.91. The standard InChI is InChI=1S/C15H24N2O3S/c1-15(2,3)20-14(18)17-12(13(16)21)9-10-5-7-11(19-4)8-6-10/h5-8,12-13,21H,9,16H2,1-4H3,(H,17,18). The zero-order chi connectivity index (χ0) is 16.0. The van der Waals surface area contributed by atoms with Crippen molar-refractivity contribution in [2.45, 2.75) is 44.2 Å². The van der Waals surface area contributed by atoms with E-state index >= 15 is 0 Å². The number of ether oxygens (including phenoxy) is 2. The van der Waals surface area contributed by atoms with Crippen molar-refractivity contribution in [1.29, 1.82) is 0 Å². The molecule has 1 aromatic rings. The van der Waals surface area contributed by atoms with Crippen LogP contribution >= 0.6 is 12.6 Å². The summed E-state index contributed by atoms with van der Waals surface area (Å²) in [4.78, 5) is 11.8. The van der Waals surface area contributed by atoms with E-state index in [4.69, 9.17) is 15.2 Å². The molecule has 0 aliphatic heterocycles. The first-order valence-corrected chi connectivity index (χ1v) is 7.29. The molecule has 5 nitrogen and oxygen atoms in total. The number of alkyl carbamates (subject to hydrolysis) is 1. The number of carbonyl (C=O) groups is 1. The number of carbonyl (C=O) groups excluding carboxylic acids is 1. The highest BCUT2D eigenvalue weighted by Crippen LogP contribution is 2.14. The average Bonchev–Trinajstić information content (AvgIpc) is 2.36. The molecule has 0 bridgehead atoms. The van der Waals surface area contributed by atoms with Gasteiger partial charge < -0.3 is 20.5 Å². The van der Waals surface area contributed by atoms with Gasteiger partial charge in [0.2, 0.25) is 0 Å². The molecule has 1 aromatic carbocycles. The Morgan fingerprint density at radius 3 is 2.33 bits per heavy atom. The number of rotatable bonds is 5. The maximum absolute atomic E-state index is 11.8. The van der Waals surface area contributed by atoms with Crippen molar-refractivity contribution in [1.82, 2.24) is 5.32 Å². The molecule has 0 spiro atoms. The lowest BCUT2D eigenvalue weighted by Crippen LogP contribution is -2.48. The minimum Gasteiger partial charge on any atom is -0.497 e. The highest BCUT2D eigenvalue weighted by molar-refractivity contribution is 7.80. The Kier molecular flexibility index (Phi) is 6.36. The molecule has 1 rings (SSSR count). The Labute approximate surface area is 131 Å². The molecule has 0 radical (unpaired) electrons. The van der Waals surface area contributed by atoms with Crippen LogP contribution in [0.15, 0.2) is 24.3 Å². The summed E-state index contributed by atoms with van der Waals surface area (Å²) in [6.45, 7) is 5.43. The smallest absolute Gasteiger partial charge is 0.407 e. The number of nitrogens with one attached hydrogen (secondary N) is 1. The molecular formula is C15H24N2O3S. The van der Waals surface area contributed by atoms with Crippen molar-refractivity contribution in [3.8, 4) is 5.75 Å². The van der Waals surface area contributed by atoms with E-state index < -0.39 is 17.1 Å². The third kappa shape index (κ3) is 6.73. The van der Waals surface area contributed by atoms with Gasteiger partial charge in [0.15, 0.2) is 0 Å². The summed E-state index contributed by atoms with van der Waals surface area (Å²) in [6, 6.07) is 7.27. The summed E-state index contributed by atoms with van der Waals surface area (Å²) < 4.78 is 10.3. The van der Waals surface area contributed by atoms with Gasteiger partial charge in [-0.25, -0.2) is 4.79 Å². The van der Waals surface area contributed by atoms with E-state index in [1.807, 2.05) is 45.0 Å². The Bertz CT molecular complexity index is 455. The lowest BCUT2D eigenvalue weighted by atomic mass is 10.1. The molecule has 21 heavy (non-hydrogen) atoms. The Balaban J connectivity index is 2.66. The second-order valence-corrected chi connectivity index (χ2v) is 6.39. The highest BCUT2D eigenvalue weighted by Gasteiger charge is 2.22. The summed E-state index contributed by atoms with van der Waals surface area (Å²) >= 11 is 4.23. The summed E-state index contributed by atoms with van der Waals surface area (Å²) in [5, 5.41) is 2.27. The molecule has 1 amide bonds. The Morgan fingerprint density at radius 2 is 1.90 bits per heavy atom. The number of nitrogens with two attached hydrogens (primary N) is 1. The molecule has 3 N–H and O–H groups in total. The van der Waals surface area contributed by atoms with Crippen LogP contribution in [0.2, 0.25) is 0 Å². The third-order valence-electron chi connectivity index (χ3n) is 2.73. The molecule has 0 aliphatic rings. The first kappa shape index (κ1) is 17.7. The first-order valence-electron chi connectivity index (χ1n) is 6.77.